The minimum atomic E-state index is 0.832. The highest BCUT2D eigenvalue weighted by Crippen LogP contribution is 2.50. The smallest absolute Gasteiger partial charge is 0.0851 e. The van der Waals surface area contributed by atoms with E-state index in [0.29, 0.717) is 0 Å². The van der Waals surface area contributed by atoms with Gasteiger partial charge in [0.1, 0.15) is 0 Å². The molecule has 1 aliphatic carbocycles. The van der Waals surface area contributed by atoms with Crippen LogP contribution < -0.4 is 4.90 Å². The Morgan fingerprint density at radius 3 is 2.30 bits per heavy atom. The van der Waals surface area contributed by atoms with Gasteiger partial charge < -0.3 is 4.90 Å². The third-order valence-corrected chi connectivity index (χ3v) is 11.5. The molecule has 0 radical (unpaired) electrons. The summed E-state index contributed by atoms with van der Waals surface area (Å²) < 4.78 is 2.54. The normalized spacial score (nSPS) is 13.3. The molecule has 0 N–H and O–H groups in total. The maximum Gasteiger partial charge on any atom is 0.0851 e. The van der Waals surface area contributed by atoms with Crippen LogP contribution in [0.2, 0.25) is 0 Å². The van der Waals surface area contributed by atoms with Gasteiger partial charge in [0.25, 0.3) is 0 Å². The van der Waals surface area contributed by atoms with Crippen LogP contribution in [0, 0.1) is 0 Å². The molecule has 2 nitrogen and oxygen atoms in total. The van der Waals surface area contributed by atoms with E-state index in [4.69, 9.17) is 4.99 Å². The number of para-hydroxylation sites is 1. The molecule has 1 aliphatic rings. The number of nitrogens with zero attached hydrogens (tertiary/aromatic N) is 2. The lowest BCUT2D eigenvalue weighted by Gasteiger charge is -2.30. The molecule has 0 saturated carbocycles. The third kappa shape index (κ3) is 5.48. The highest BCUT2D eigenvalue weighted by molar-refractivity contribution is 7.99. The van der Waals surface area contributed by atoms with E-state index >= 15 is 0 Å². The molecule has 6 aromatic carbocycles. The molecular weight excluding hydrogens is 609 g/mol. The summed E-state index contributed by atoms with van der Waals surface area (Å²) >= 11 is 3.72. The highest BCUT2D eigenvalue weighted by Gasteiger charge is 2.24. The Morgan fingerprint density at radius 1 is 0.766 bits per heavy atom. The van der Waals surface area contributed by atoms with Crippen molar-refractivity contribution in [1.29, 1.82) is 0 Å². The largest absolute Gasteiger partial charge is 0.348 e. The van der Waals surface area contributed by atoms with Crippen molar-refractivity contribution in [1.82, 2.24) is 0 Å². The zero-order valence-electron chi connectivity index (χ0n) is 26.3. The summed E-state index contributed by atoms with van der Waals surface area (Å²) in [6.45, 7) is 4.10. The van der Waals surface area contributed by atoms with E-state index in [1.165, 1.54) is 70.2 Å². The predicted octanol–water partition coefficient (Wildman–Crippen LogP) is 12.6. The predicted molar refractivity (Wildman–Crippen MR) is 208 cm³/mol. The lowest BCUT2D eigenvalue weighted by molar-refractivity contribution is 0.893. The first-order chi connectivity index (χ1) is 23.2. The fraction of sp³-hybridized carbons (Fsp3) is 0.0930. The van der Waals surface area contributed by atoms with Gasteiger partial charge in [0, 0.05) is 60.4 Å². The molecule has 1 heterocycles. The second kappa shape index (κ2) is 12.7. The van der Waals surface area contributed by atoms with Crippen LogP contribution >= 0.6 is 23.1 Å². The molecule has 0 atom stereocenters. The van der Waals surface area contributed by atoms with Gasteiger partial charge in [-0.3, -0.25) is 4.99 Å². The van der Waals surface area contributed by atoms with Crippen LogP contribution in [0.25, 0.3) is 47.6 Å². The average Bonchev–Trinajstić information content (AvgIpc) is 3.53. The van der Waals surface area contributed by atoms with Crippen LogP contribution in [0.1, 0.15) is 18.4 Å². The van der Waals surface area contributed by atoms with Crippen LogP contribution in [0.4, 0.5) is 11.4 Å². The zero-order valence-corrected chi connectivity index (χ0v) is 28.0. The molecule has 0 bridgehead atoms. The lowest BCUT2D eigenvalue weighted by atomic mass is 9.88. The molecule has 0 spiro atoms. The molecule has 0 saturated heterocycles. The van der Waals surface area contributed by atoms with E-state index in [9.17, 15) is 0 Å². The number of rotatable bonds is 8. The second-order valence-corrected chi connectivity index (χ2v) is 14.0. The van der Waals surface area contributed by atoms with Crippen molar-refractivity contribution in [3.63, 3.8) is 0 Å². The van der Waals surface area contributed by atoms with Gasteiger partial charge in [-0.05, 0) is 77.4 Å². The Kier molecular flexibility index (Phi) is 7.98. The van der Waals surface area contributed by atoms with Gasteiger partial charge in [-0.2, -0.15) is 0 Å². The molecule has 4 heteroatoms. The van der Waals surface area contributed by atoms with Crippen molar-refractivity contribution in [3.8, 4) is 11.1 Å². The van der Waals surface area contributed by atoms with E-state index in [0.717, 1.165) is 29.2 Å². The number of thiophene rings is 1. The number of fused-ring (bicyclic) bond motifs is 4. The molecule has 0 aliphatic heterocycles. The van der Waals surface area contributed by atoms with Crippen molar-refractivity contribution in [2.45, 2.75) is 17.7 Å². The molecule has 0 amide bonds. The van der Waals surface area contributed by atoms with Crippen molar-refractivity contribution in [2.24, 2.45) is 4.99 Å². The average molecular weight is 643 g/mol. The first-order valence-corrected chi connectivity index (χ1v) is 17.8. The second-order valence-electron chi connectivity index (χ2n) is 11.9. The van der Waals surface area contributed by atoms with Crippen LogP contribution in [0.3, 0.4) is 0 Å². The molecular formula is C43H34N2S2. The van der Waals surface area contributed by atoms with Gasteiger partial charge in [0.2, 0.25) is 0 Å². The maximum absolute atomic E-state index is 4.71. The number of aliphatic imine (C=N–C) groups is 1. The minimum absolute atomic E-state index is 0.832. The number of hydrogen-bond donors (Lipinski definition) is 0. The number of hydrogen-bond acceptors (Lipinski definition) is 4. The monoisotopic (exact) mass is 642 g/mol. The van der Waals surface area contributed by atoms with E-state index in [-0.39, 0.29) is 0 Å². The number of allylic oxidation sites excluding steroid dienone is 3. The Morgan fingerprint density at radius 2 is 1.49 bits per heavy atom. The molecule has 228 valence electrons. The summed E-state index contributed by atoms with van der Waals surface area (Å²) in [5.74, 6) is 0.832. The van der Waals surface area contributed by atoms with Gasteiger partial charge in [0.05, 0.1) is 5.69 Å². The van der Waals surface area contributed by atoms with Crippen molar-refractivity contribution in [2.75, 3.05) is 17.7 Å². The van der Waals surface area contributed by atoms with Gasteiger partial charge >= 0.3 is 0 Å². The van der Waals surface area contributed by atoms with E-state index in [1.807, 2.05) is 23.1 Å². The van der Waals surface area contributed by atoms with Crippen molar-refractivity contribution in [3.05, 3.63) is 156 Å². The molecule has 0 fully saturated rings. The Labute approximate surface area is 284 Å². The summed E-state index contributed by atoms with van der Waals surface area (Å²) in [5.41, 5.74) is 9.98. The quantitative estimate of drug-likeness (QED) is 0.121. The minimum Gasteiger partial charge on any atom is -0.348 e. The van der Waals surface area contributed by atoms with Gasteiger partial charge in [0.15, 0.2) is 0 Å². The third-order valence-electron chi connectivity index (χ3n) is 9.18. The maximum atomic E-state index is 4.71. The van der Waals surface area contributed by atoms with E-state index in [2.05, 4.69) is 158 Å². The summed E-state index contributed by atoms with van der Waals surface area (Å²) in [4.78, 5) is 8.26. The molecule has 8 rings (SSSR count). The Hall–Kier alpha value is -4.90. The topological polar surface area (TPSA) is 15.6 Å². The summed E-state index contributed by atoms with van der Waals surface area (Å²) in [5, 5.41) is 4.97. The van der Waals surface area contributed by atoms with Crippen molar-refractivity contribution < 1.29 is 0 Å². The molecule has 1 aromatic heterocycles. The Bertz CT molecular complexity index is 2330. The summed E-state index contributed by atoms with van der Waals surface area (Å²) in [6.07, 6.45) is 4.46. The Balaban J connectivity index is 1.26. The number of thioether (sulfide) groups is 1. The van der Waals surface area contributed by atoms with Gasteiger partial charge in [-0.1, -0.05) is 109 Å². The van der Waals surface area contributed by atoms with Gasteiger partial charge in [-0.25, -0.2) is 0 Å². The highest BCUT2D eigenvalue weighted by atomic mass is 32.2. The summed E-state index contributed by atoms with van der Waals surface area (Å²) in [7, 11) is 2.21. The van der Waals surface area contributed by atoms with E-state index < -0.39 is 0 Å². The zero-order chi connectivity index (χ0) is 31.7. The first kappa shape index (κ1) is 29.5. The number of anilines is 1. The SMILES string of the molecule is C=Nc1c(SCC2=CCCC(N(C)c3ccccc3)=C2c2ccc3ccccc3c2)cc(-c2ccccc2)c2sc3ccccc3c12. The fourth-order valence-electron chi connectivity index (χ4n) is 6.88. The van der Waals surface area contributed by atoms with Crippen LogP contribution in [-0.4, -0.2) is 19.5 Å². The molecule has 47 heavy (non-hydrogen) atoms. The number of benzene rings is 6. The van der Waals surface area contributed by atoms with Crippen molar-refractivity contribution >= 4 is 77.7 Å². The standard InChI is InChI=1S/C43H34N2S2/c1-44-42-39(27-36(30-15-5-3-6-16-30)43-41(42)35-21-11-12-23-38(35)47-43)46-28-33-18-13-22-37(45(2)34-19-7-4-8-20-34)40(33)32-25-24-29-14-9-10-17-31(29)26-32/h3-12,14-21,23-27H,1,13,22,28H2,2H3. The van der Waals surface area contributed by atoms with Crippen LogP contribution in [0.5, 0.6) is 0 Å². The fourth-order valence-corrected chi connectivity index (χ4v) is 9.20. The summed E-state index contributed by atoms with van der Waals surface area (Å²) in [6, 6.07) is 48.1. The van der Waals surface area contributed by atoms with Crippen LogP contribution in [-0.2, 0) is 0 Å². The molecule has 0 unspecified atom stereocenters. The molecule has 7 aromatic rings. The lowest BCUT2D eigenvalue weighted by Crippen LogP contribution is -2.21. The first-order valence-electron chi connectivity index (χ1n) is 16.0. The van der Waals surface area contributed by atoms with Gasteiger partial charge in [-0.15, -0.1) is 23.1 Å². The van der Waals surface area contributed by atoms with E-state index in [1.54, 1.807) is 0 Å². The van der Waals surface area contributed by atoms with Crippen LogP contribution in [0.15, 0.2) is 161 Å².